The van der Waals surface area contributed by atoms with Crippen LogP contribution in [0, 0.1) is 5.82 Å². The number of benzene rings is 1. The summed E-state index contributed by atoms with van der Waals surface area (Å²) >= 11 is 0. The van der Waals surface area contributed by atoms with Crippen LogP contribution in [0.2, 0.25) is 0 Å². The Hall–Kier alpha value is -1.18. The molecule has 1 aromatic rings. The molecular formula is C13H17F4NO2. The van der Waals surface area contributed by atoms with Gasteiger partial charge in [-0.05, 0) is 30.7 Å². The van der Waals surface area contributed by atoms with Crippen molar-refractivity contribution in [3.63, 3.8) is 0 Å². The molecule has 0 fully saturated rings. The van der Waals surface area contributed by atoms with Gasteiger partial charge in [0.05, 0.1) is 18.8 Å². The Labute approximate surface area is 114 Å². The molecule has 0 bridgehead atoms. The third-order valence-electron chi connectivity index (χ3n) is 2.57. The van der Waals surface area contributed by atoms with Crippen LogP contribution in [0.5, 0.6) is 0 Å². The molecule has 0 aliphatic heterocycles. The van der Waals surface area contributed by atoms with Crippen molar-refractivity contribution in [1.82, 2.24) is 5.32 Å². The van der Waals surface area contributed by atoms with Gasteiger partial charge in [-0.15, -0.1) is 0 Å². The van der Waals surface area contributed by atoms with E-state index in [0.717, 1.165) is 12.1 Å². The molecule has 0 unspecified atom stereocenters. The number of aliphatic hydroxyl groups is 1. The van der Waals surface area contributed by atoms with Crippen LogP contribution in [0.1, 0.15) is 17.5 Å². The summed E-state index contributed by atoms with van der Waals surface area (Å²) in [5.74, 6) is -0.904. The fourth-order valence-corrected chi connectivity index (χ4v) is 1.66. The van der Waals surface area contributed by atoms with Gasteiger partial charge in [0.1, 0.15) is 5.82 Å². The van der Waals surface area contributed by atoms with Gasteiger partial charge in [0.25, 0.3) is 0 Å². The lowest BCUT2D eigenvalue weighted by atomic mass is 10.1. The first kappa shape index (κ1) is 16.9. The Bertz CT molecular complexity index is 410. The highest BCUT2D eigenvalue weighted by Crippen LogP contribution is 2.32. The quantitative estimate of drug-likeness (QED) is 0.571. The summed E-state index contributed by atoms with van der Waals surface area (Å²) in [6.07, 6.45) is -3.95. The van der Waals surface area contributed by atoms with E-state index in [1.54, 1.807) is 0 Å². The molecule has 20 heavy (non-hydrogen) atoms. The largest absolute Gasteiger partial charge is 0.416 e. The molecule has 0 saturated carbocycles. The second-order valence-corrected chi connectivity index (χ2v) is 4.17. The maximum absolute atomic E-state index is 12.9. The summed E-state index contributed by atoms with van der Waals surface area (Å²) in [6.45, 7) is 1.09. The van der Waals surface area contributed by atoms with Crippen molar-refractivity contribution in [2.45, 2.75) is 19.1 Å². The van der Waals surface area contributed by atoms with Gasteiger partial charge in [-0.2, -0.15) is 13.2 Å². The van der Waals surface area contributed by atoms with E-state index < -0.39 is 17.6 Å². The number of ether oxygens (including phenoxy) is 1. The zero-order valence-corrected chi connectivity index (χ0v) is 10.8. The normalized spacial score (nSPS) is 11.8. The number of hydrogen-bond acceptors (Lipinski definition) is 3. The summed E-state index contributed by atoms with van der Waals surface area (Å²) in [5.41, 5.74) is -0.947. The van der Waals surface area contributed by atoms with Crippen LogP contribution in [0.3, 0.4) is 0 Å². The number of nitrogens with one attached hydrogen (secondary N) is 1. The maximum atomic E-state index is 12.9. The molecule has 0 aromatic heterocycles. The standard InChI is InChI=1S/C13H17F4NO2/c14-11-3-2-10(12(8-11)13(15,16)17)9-18-4-1-6-20-7-5-19/h2-3,8,18-19H,1,4-7,9H2. The van der Waals surface area contributed by atoms with E-state index in [2.05, 4.69) is 5.32 Å². The van der Waals surface area contributed by atoms with Crippen molar-refractivity contribution in [2.75, 3.05) is 26.4 Å². The van der Waals surface area contributed by atoms with E-state index in [1.807, 2.05) is 0 Å². The zero-order valence-electron chi connectivity index (χ0n) is 10.8. The minimum absolute atomic E-state index is 0.00905. The lowest BCUT2D eigenvalue weighted by Gasteiger charge is -2.13. The fourth-order valence-electron chi connectivity index (χ4n) is 1.66. The minimum Gasteiger partial charge on any atom is -0.394 e. The fraction of sp³-hybridized carbons (Fsp3) is 0.538. The van der Waals surface area contributed by atoms with Gasteiger partial charge in [-0.1, -0.05) is 6.07 Å². The van der Waals surface area contributed by atoms with E-state index in [4.69, 9.17) is 9.84 Å². The maximum Gasteiger partial charge on any atom is 0.416 e. The Morgan fingerprint density at radius 3 is 2.60 bits per heavy atom. The van der Waals surface area contributed by atoms with Gasteiger partial charge in [0, 0.05) is 13.2 Å². The summed E-state index contributed by atoms with van der Waals surface area (Å²) in [4.78, 5) is 0. The number of halogens is 4. The number of aliphatic hydroxyl groups excluding tert-OH is 1. The minimum atomic E-state index is -4.57. The Morgan fingerprint density at radius 1 is 1.20 bits per heavy atom. The number of hydrogen-bond donors (Lipinski definition) is 2. The average Bonchev–Trinajstić information content (AvgIpc) is 2.38. The highest BCUT2D eigenvalue weighted by atomic mass is 19.4. The Balaban J connectivity index is 2.44. The Morgan fingerprint density at radius 2 is 1.95 bits per heavy atom. The lowest BCUT2D eigenvalue weighted by Crippen LogP contribution is -2.20. The first-order valence-corrected chi connectivity index (χ1v) is 6.20. The first-order chi connectivity index (χ1) is 9.45. The smallest absolute Gasteiger partial charge is 0.394 e. The topological polar surface area (TPSA) is 41.5 Å². The van der Waals surface area contributed by atoms with E-state index in [0.29, 0.717) is 25.6 Å². The van der Waals surface area contributed by atoms with Crippen LogP contribution in [0.15, 0.2) is 18.2 Å². The highest BCUT2D eigenvalue weighted by molar-refractivity contribution is 5.30. The molecule has 0 spiro atoms. The van der Waals surface area contributed by atoms with Crippen LogP contribution in [-0.2, 0) is 17.5 Å². The molecule has 0 atom stereocenters. The molecule has 114 valence electrons. The van der Waals surface area contributed by atoms with Gasteiger partial charge < -0.3 is 15.2 Å². The second kappa shape index (κ2) is 8.18. The summed E-state index contributed by atoms with van der Waals surface area (Å²) in [7, 11) is 0. The predicted molar refractivity (Wildman–Crippen MR) is 65.6 cm³/mol. The van der Waals surface area contributed by atoms with Crippen molar-refractivity contribution in [3.05, 3.63) is 35.1 Å². The van der Waals surface area contributed by atoms with Gasteiger partial charge >= 0.3 is 6.18 Å². The molecule has 0 aliphatic rings. The van der Waals surface area contributed by atoms with E-state index in [1.165, 1.54) is 0 Å². The van der Waals surface area contributed by atoms with E-state index in [9.17, 15) is 17.6 Å². The first-order valence-electron chi connectivity index (χ1n) is 6.20. The third kappa shape index (κ3) is 5.85. The number of alkyl halides is 3. The number of rotatable bonds is 8. The molecule has 0 aliphatic carbocycles. The van der Waals surface area contributed by atoms with Gasteiger partial charge in [0.15, 0.2) is 0 Å². The molecule has 7 heteroatoms. The SMILES string of the molecule is OCCOCCCNCc1ccc(F)cc1C(F)(F)F. The zero-order chi connectivity index (χ0) is 15.0. The van der Waals surface area contributed by atoms with Gasteiger partial charge in [0.2, 0.25) is 0 Å². The van der Waals surface area contributed by atoms with Crippen LogP contribution in [-0.4, -0.2) is 31.5 Å². The molecule has 2 N–H and O–H groups in total. The van der Waals surface area contributed by atoms with Crippen molar-refractivity contribution in [1.29, 1.82) is 0 Å². The highest BCUT2D eigenvalue weighted by Gasteiger charge is 2.33. The van der Waals surface area contributed by atoms with E-state index in [-0.39, 0.29) is 25.3 Å². The van der Waals surface area contributed by atoms with Crippen molar-refractivity contribution < 1.29 is 27.4 Å². The average molecular weight is 295 g/mol. The molecule has 0 saturated heterocycles. The van der Waals surface area contributed by atoms with Crippen LogP contribution in [0.25, 0.3) is 0 Å². The summed E-state index contributed by atoms with van der Waals surface area (Å²) < 4.78 is 56.0. The predicted octanol–water partition coefficient (Wildman–Crippen LogP) is 2.33. The van der Waals surface area contributed by atoms with Crippen molar-refractivity contribution in [3.8, 4) is 0 Å². The van der Waals surface area contributed by atoms with Crippen LogP contribution >= 0.6 is 0 Å². The summed E-state index contributed by atoms with van der Waals surface area (Å²) in [5, 5.41) is 11.3. The van der Waals surface area contributed by atoms with Crippen molar-refractivity contribution >= 4 is 0 Å². The van der Waals surface area contributed by atoms with E-state index >= 15 is 0 Å². The van der Waals surface area contributed by atoms with Crippen molar-refractivity contribution in [2.24, 2.45) is 0 Å². The molecule has 1 aromatic carbocycles. The third-order valence-corrected chi connectivity index (χ3v) is 2.57. The Kier molecular flexibility index (Phi) is 6.90. The monoisotopic (exact) mass is 295 g/mol. The second-order valence-electron chi connectivity index (χ2n) is 4.17. The van der Waals surface area contributed by atoms with Crippen LogP contribution < -0.4 is 5.32 Å². The van der Waals surface area contributed by atoms with Gasteiger partial charge in [-0.25, -0.2) is 4.39 Å². The molecule has 3 nitrogen and oxygen atoms in total. The molecular weight excluding hydrogens is 278 g/mol. The molecule has 0 amide bonds. The summed E-state index contributed by atoms with van der Waals surface area (Å²) in [6, 6.07) is 2.64. The van der Waals surface area contributed by atoms with Gasteiger partial charge in [-0.3, -0.25) is 0 Å². The van der Waals surface area contributed by atoms with Crippen LogP contribution in [0.4, 0.5) is 17.6 Å². The lowest BCUT2D eigenvalue weighted by molar-refractivity contribution is -0.138. The molecule has 1 rings (SSSR count). The molecule has 0 heterocycles. The molecule has 0 radical (unpaired) electrons.